The van der Waals surface area contributed by atoms with Crippen molar-refractivity contribution in [2.75, 3.05) is 30.0 Å². The molecule has 0 fully saturated rings. The summed E-state index contributed by atoms with van der Waals surface area (Å²) in [7, 11) is 0. The summed E-state index contributed by atoms with van der Waals surface area (Å²) >= 11 is 0. The van der Waals surface area contributed by atoms with Gasteiger partial charge in [0.1, 0.15) is 13.2 Å². The predicted octanol–water partition coefficient (Wildman–Crippen LogP) is 2.81. The second-order valence-electron chi connectivity index (χ2n) is 5.68. The molecule has 5 heteroatoms. The van der Waals surface area contributed by atoms with E-state index in [-0.39, 0.29) is 5.91 Å². The predicted molar refractivity (Wildman–Crippen MR) is 88.2 cm³/mol. The van der Waals surface area contributed by atoms with Crippen molar-refractivity contribution in [3.63, 3.8) is 0 Å². The topological polar surface area (TPSA) is 50.8 Å². The third-order valence-electron chi connectivity index (χ3n) is 4.14. The average molecular weight is 310 g/mol. The van der Waals surface area contributed by atoms with Gasteiger partial charge < -0.3 is 19.7 Å². The van der Waals surface area contributed by atoms with E-state index >= 15 is 0 Å². The fourth-order valence-electron chi connectivity index (χ4n) is 3.05. The van der Waals surface area contributed by atoms with Crippen molar-refractivity contribution >= 4 is 17.3 Å². The van der Waals surface area contributed by atoms with E-state index in [0.29, 0.717) is 32.7 Å². The number of ether oxygens (including phenoxy) is 2. The van der Waals surface area contributed by atoms with Crippen LogP contribution in [0.5, 0.6) is 11.5 Å². The molecule has 0 aromatic heterocycles. The molecule has 2 aliphatic heterocycles. The third kappa shape index (κ3) is 2.70. The van der Waals surface area contributed by atoms with Gasteiger partial charge in [0.25, 0.3) is 0 Å². The molecule has 2 aliphatic rings. The molecule has 0 unspecified atom stereocenters. The fraction of sp³-hybridized carbons (Fsp3) is 0.278. The Kier molecular flexibility index (Phi) is 3.54. The lowest BCUT2D eigenvalue weighted by Gasteiger charge is -2.27. The lowest BCUT2D eigenvalue weighted by molar-refractivity contribution is -0.115. The number of anilines is 2. The van der Waals surface area contributed by atoms with Gasteiger partial charge in [-0.15, -0.1) is 0 Å². The zero-order valence-electron chi connectivity index (χ0n) is 12.7. The molecule has 5 nitrogen and oxygen atoms in total. The van der Waals surface area contributed by atoms with E-state index in [9.17, 15) is 4.79 Å². The summed E-state index contributed by atoms with van der Waals surface area (Å²) in [6.07, 6.45) is 0.473. The molecule has 0 bridgehead atoms. The van der Waals surface area contributed by atoms with Crippen LogP contribution in [-0.4, -0.2) is 25.7 Å². The average Bonchev–Trinajstić information content (AvgIpc) is 2.74. The van der Waals surface area contributed by atoms with Crippen LogP contribution in [0.3, 0.4) is 0 Å². The van der Waals surface area contributed by atoms with E-state index in [1.54, 1.807) is 0 Å². The van der Waals surface area contributed by atoms with E-state index in [1.165, 1.54) is 0 Å². The third-order valence-corrected chi connectivity index (χ3v) is 4.14. The van der Waals surface area contributed by atoms with Gasteiger partial charge in [0.05, 0.1) is 11.4 Å². The number of fused-ring (bicyclic) bond motifs is 2. The van der Waals surface area contributed by atoms with Crippen LogP contribution in [0.25, 0.3) is 0 Å². The lowest BCUT2D eigenvalue weighted by atomic mass is 10.1. The van der Waals surface area contributed by atoms with Crippen molar-refractivity contribution in [1.82, 2.24) is 0 Å². The second kappa shape index (κ2) is 5.83. The number of hydrogen-bond donors (Lipinski definition) is 1. The maximum atomic E-state index is 11.9. The monoisotopic (exact) mass is 310 g/mol. The number of hydrogen-bond acceptors (Lipinski definition) is 4. The first kappa shape index (κ1) is 13.9. The molecule has 0 radical (unpaired) electrons. The molecule has 0 saturated carbocycles. The summed E-state index contributed by atoms with van der Waals surface area (Å²) in [5.41, 5.74) is 2.97. The molecule has 0 atom stereocenters. The first-order chi connectivity index (χ1) is 11.3. The van der Waals surface area contributed by atoms with Crippen LogP contribution in [0.15, 0.2) is 42.5 Å². The molecule has 0 aliphatic carbocycles. The van der Waals surface area contributed by atoms with Crippen molar-refractivity contribution in [2.24, 2.45) is 0 Å². The van der Waals surface area contributed by atoms with Gasteiger partial charge in [0.15, 0.2) is 11.5 Å². The van der Waals surface area contributed by atoms with Gasteiger partial charge in [0.2, 0.25) is 5.91 Å². The molecule has 0 spiro atoms. The maximum absolute atomic E-state index is 11.9. The minimum absolute atomic E-state index is 0.0506. The van der Waals surface area contributed by atoms with Crippen molar-refractivity contribution in [1.29, 1.82) is 0 Å². The highest BCUT2D eigenvalue weighted by atomic mass is 16.6. The number of benzene rings is 2. The molecule has 4 rings (SSSR count). The number of rotatable bonds is 2. The SMILES string of the molecule is O=C1CCN(Cc2cccc3c2OCCO3)c2ccccc2N1. The molecule has 2 heterocycles. The molecule has 2 aromatic rings. The zero-order valence-corrected chi connectivity index (χ0v) is 12.7. The normalized spacial score (nSPS) is 16.3. The highest BCUT2D eigenvalue weighted by molar-refractivity contribution is 5.96. The second-order valence-corrected chi connectivity index (χ2v) is 5.68. The minimum Gasteiger partial charge on any atom is -0.486 e. The standard InChI is InChI=1S/C18H18N2O3/c21-17-8-9-20(15-6-2-1-5-14(15)19-17)12-13-4-3-7-16-18(13)23-11-10-22-16/h1-7H,8-12H2,(H,19,21). The van der Waals surface area contributed by atoms with Gasteiger partial charge in [-0.25, -0.2) is 0 Å². The van der Waals surface area contributed by atoms with E-state index in [0.717, 1.165) is 28.4 Å². The smallest absolute Gasteiger partial charge is 0.226 e. The van der Waals surface area contributed by atoms with Gasteiger partial charge in [-0.2, -0.15) is 0 Å². The zero-order chi connectivity index (χ0) is 15.6. The van der Waals surface area contributed by atoms with E-state index in [2.05, 4.69) is 16.3 Å². The van der Waals surface area contributed by atoms with Gasteiger partial charge in [0, 0.05) is 25.1 Å². The van der Waals surface area contributed by atoms with Crippen molar-refractivity contribution < 1.29 is 14.3 Å². The van der Waals surface area contributed by atoms with Crippen LogP contribution in [0.1, 0.15) is 12.0 Å². The number of amides is 1. The van der Waals surface area contributed by atoms with Crippen molar-refractivity contribution in [2.45, 2.75) is 13.0 Å². The molecule has 0 saturated heterocycles. The first-order valence-corrected chi connectivity index (χ1v) is 7.82. The summed E-state index contributed by atoms with van der Waals surface area (Å²) in [5, 5.41) is 2.96. The molecule has 23 heavy (non-hydrogen) atoms. The highest BCUT2D eigenvalue weighted by Gasteiger charge is 2.22. The van der Waals surface area contributed by atoms with Gasteiger partial charge in [-0.3, -0.25) is 4.79 Å². The van der Waals surface area contributed by atoms with E-state index < -0.39 is 0 Å². The Balaban J connectivity index is 1.68. The quantitative estimate of drug-likeness (QED) is 0.927. The van der Waals surface area contributed by atoms with Crippen LogP contribution < -0.4 is 19.7 Å². The first-order valence-electron chi connectivity index (χ1n) is 7.82. The Morgan fingerprint density at radius 2 is 1.91 bits per heavy atom. The van der Waals surface area contributed by atoms with Crippen molar-refractivity contribution in [3.05, 3.63) is 48.0 Å². The number of carbonyl (C=O) groups excluding carboxylic acids is 1. The van der Waals surface area contributed by atoms with Gasteiger partial charge in [-0.05, 0) is 18.2 Å². The molecular formula is C18H18N2O3. The molecule has 1 N–H and O–H groups in total. The Hall–Kier alpha value is -2.69. The summed E-state index contributed by atoms with van der Waals surface area (Å²) in [5.74, 6) is 1.67. The van der Waals surface area contributed by atoms with Crippen LogP contribution in [0.2, 0.25) is 0 Å². The van der Waals surface area contributed by atoms with Crippen LogP contribution in [0, 0.1) is 0 Å². The molecule has 118 valence electrons. The van der Waals surface area contributed by atoms with Crippen molar-refractivity contribution in [3.8, 4) is 11.5 Å². The summed E-state index contributed by atoms with van der Waals surface area (Å²) in [4.78, 5) is 14.1. The minimum atomic E-state index is 0.0506. The van der Waals surface area contributed by atoms with E-state index in [4.69, 9.17) is 9.47 Å². The Morgan fingerprint density at radius 3 is 2.87 bits per heavy atom. The number of nitrogens with one attached hydrogen (secondary N) is 1. The van der Waals surface area contributed by atoms with Crippen LogP contribution in [0.4, 0.5) is 11.4 Å². The molecule has 1 amide bonds. The Labute approximate surface area is 134 Å². The fourth-order valence-corrected chi connectivity index (χ4v) is 3.05. The largest absolute Gasteiger partial charge is 0.486 e. The van der Waals surface area contributed by atoms with Gasteiger partial charge in [-0.1, -0.05) is 24.3 Å². The number of carbonyl (C=O) groups is 1. The summed E-state index contributed by atoms with van der Waals surface area (Å²) in [6, 6.07) is 13.9. The Morgan fingerprint density at radius 1 is 1.04 bits per heavy atom. The summed E-state index contributed by atoms with van der Waals surface area (Å²) in [6.45, 7) is 2.51. The molecular weight excluding hydrogens is 292 g/mol. The molecule has 2 aromatic carbocycles. The van der Waals surface area contributed by atoms with Crippen LogP contribution >= 0.6 is 0 Å². The maximum Gasteiger partial charge on any atom is 0.226 e. The van der Waals surface area contributed by atoms with Gasteiger partial charge >= 0.3 is 0 Å². The summed E-state index contributed by atoms with van der Waals surface area (Å²) < 4.78 is 11.5. The van der Waals surface area contributed by atoms with Crippen LogP contribution in [-0.2, 0) is 11.3 Å². The highest BCUT2D eigenvalue weighted by Crippen LogP contribution is 2.36. The van der Waals surface area contributed by atoms with E-state index in [1.807, 2.05) is 36.4 Å². The number of nitrogens with zero attached hydrogens (tertiary/aromatic N) is 1. The Bertz CT molecular complexity index is 745. The number of para-hydroxylation sites is 3. The lowest BCUT2D eigenvalue weighted by Crippen LogP contribution is -2.25.